The molecule has 1 aromatic heterocycles. The van der Waals surface area contributed by atoms with Crippen LogP contribution in [0.2, 0.25) is 0 Å². The Morgan fingerprint density at radius 2 is 2.11 bits per heavy atom. The van der Waals surface area contributed by atoms with Gasteiger partial charge < -0.3 is 4.57 Å². The summed E-state index contributed by atoms with van der Waals surface area (Å²) in [6.07, 6.45) is 3.97. The summed E-state index contributed by atoms with van der Waals surface area (Å²) in [4.78, 5) is 0. The molecule has 1 heterocycles. The molecule has 0 amide bonds. The maximum atomic E-state index is 2.97. The van der Waals surface area contributed by atoms with E-state index in [1.54, 1.807) is 0 Å². The quantitative estimate of drug-likeness (QED) is 0.605. The molecule has 0 aliphatic carbocycles. The molecule has 0 spiro atoms. The summed E-state index contributed by atoms with van der Waals surface area (Å²) >= 11 is 0. The van der Waals surface area contributed by atoms with Gasteiger partial charge in [-0.05, 0) is 13.8 Å². The molecule has 2 heteroatoms. The molecule has 0 saturated heterocycles. The van der Waals surface area contributed by atoms with Crippen LogP contribution >= 0.6 is 0 Å². The van der Waals surface area contributed by atoms with Gasteiger partial charge in [-0.2, -0.15) is 0 Å². The van der Waals surface area contributed by atoms with Crippen molar-refractivity contribution in [1.82, 2.24) is 4.57 Å². The monoisotopic (exact) mass is 197 g/mol. The van der Waals surface area contributed by atoms with Crippen LogP contribution in [0.25, 0.3) is 0 Å². The van der Waals surface area contributed by atoms with E-state index in [0.29, 0.717) is 6.04 Å². The minimum atomic E-state index is 0. The van der Waals surface area contributed by atoms with E-state index in [2.05, 4.69) is 24.5 Å². The van der Waals surface area contributed by atoms with Crippen LogP contribution in [-0.2, 0) is 32.7 Å². The number of rotatable bonds is 1. The zero-order chi connectivity index (χ0) is 5.98. The van der Waals surface area contributed by atoms with Gasteiger partial charge in [0.05, 0.1) is 0 Å². The largest absolute Gasteiger partial charge is 0.446 e. The molecule has 0 unspecified atom stereocenters. The second-order valence-electron chi connectivity index (χ2n) is 2.15. The zero-order valence-electron chi connectivity index (χ0n) is 5.83. The van der Waals surface area contributed by atoms with Crippen molar-refractivity contribution in [3.05, 3.63) is 24.5 Å². The van der Waals surface area contributed by atoms with Crippen LogP contribution in [-0.4, -0.2) is 4.57 Å². The number of hydrogen-bond acceptors (Lipinski definition) is 0. The van der Waals surface area contributed by atoms with Crippen molar-refractivity contribution < 1.29 is 32.7 Å². The summed E-state index contributed by atoms with van der Waals surface area (Å²) < 4.78 is 2.11. The fourth-order valence-corrected chi connectivity index (χ4v) is 0.622. The molecule has 0 N–H and O–H groups in total. The van der Waals surface area contributed by atoms with Crippen LogP contribution in [0.1, 0.15) is 19.9 Å². The van der Waals surface area contributed by atoms with Crippen molar-refractivity contribution in [3.63, 3.8) is 0 Å². The van der Waals surface area contributed by atoms with Gasteiger partial charge in [0.1, 0.15) is 0 Å². The SMILES string of the molecule is CC(C)n1c[c-]cc1.[Y]. The molecule has 0 bridgehead atoms. The van der Waals surface area contributed by atoms with E-state index in [9.17, 15) is 0 Å². The molecular weight excluding hydrogens is 187 g/mol. The van der Waals surface area contributed by atoms with E-state index >= 15 is 0 Å². The van der Waals surface area contributed by atoms with E-state index in [4.69, 9.17) is 0 Å². The van der Waals surface area contributed by atoms with Gasteiger partial charge in [0.25, 0.3) is 0 Å². The minimum Gasteiger partial charge on any atom is -0.446 e. The Hall–Kier alpha value is 0.384. The predicted octanol–water partition coefficient (Wildman–Crippen LogP) is 1.87. The third-order valence-electron chi connectivity index (χ3n) is 1.16. The Morgan fingerprint density at radius 1 is 1.44 bits per heavy atom. The summed E-state index contributed by atoms with van der Waals surface area (Å²) in [7, 11) is 0. The van der Waals surface area contributed by atoms with Crippen molar-refractivity contribution in [2.45, 2.75) is 19.9 Å². The normalized spacial score (nSPS) is 9.22. The second kappa shape index (κ2) is 4.24. The van der Waals surface area contributed by atoms with Crippen molar-refractivity contribution in [1.29, 1.82) is 0 Å². The van der Waals surface area contributed by atoms with Gasteiger partial charge >= 0.3 is 0 Å². The zero-order valence-corrected chi connectivity index (χ0v) is 8.67. The van der Waals surface area contributed by atoms with Crippen LogP contribution in [0.4, 0.5) is 0 Å². The van der Waals surface area contributed by atoms with E-state index in [-0.39, 0.29) is 32.7 Å². The summed E-state index contributed by atoms with van der Waals surface area (Å²) in [5, 5.41) is 0. The van der Waals surface area contributed by atoms with Gasteiger partial charge in [-0.3, -0.25) is 0 Å². The molecule has 1 rings (SSSR count). The first-order valence-corrected chi connectivity index (χ1v) is 2.84. The first-order chi connectivity index (χ1) is 3.80. The molecule has 0 saturated carbocycles. The molecule has 0 aliphatic heterocycles. The topological polar surface area (TPSA) is 4.93 Å². The van der Waals surface area contributed by atoms with Gasteiger partial charge in [-0.25, -0.2) is 12.1 Å². The summed E-state index contributed by atoms with van der Waals surface area (Å²) in [5.74, 6) is 0. The Morgan fingerprint density at radius 3 is 2.33 bits per heavy atom. The maximum Gasteiger partial charge on any atom is 0.00873 e. The molecule has 1 aromatic rings. The molecule has 0 atom stereocenters. The Kier molecular flexibility index (Phi) is 4.42. The van der Waals surface area contributed by atoms with Crippen LogP contribution in [0.15, 0.2) is 18.5 Å². The fraction of sp³-hybridized carbons (Fsp3) is 0.429. The Balaban J connectivity index is 0.000000640. The van der Waals surface area contributed by atoms with Gasteiger partial charge in [0.15, 0.2) is 0 Å². The van der Waals surface area contributed by atoms with Crippen LogP contribution in [0.5, 0.6) is 0 Å². The van der Waals surface area contributed by atoms with E-state index in [0.717, 1.165) is 0 Å². The van der Waals surface area contributed by atoms with Gasteiger partial charge in [-0.15, -0.1) is 12.4 Å². The fourth-order valence-electron chi connectivity index (χ4n) is 0.622. The molecule has 0 aromatic carbocycles. The summed E-state index contributed by atoms with van der Waals surface area (Å²) in [6, 6.07) is 5.46. The Bertz CT molecular complexity index is 144. The number of aromatic nitrogens is 1. The maximum absolute atomic E-state index is 2.97. The smallest absolute Gasteiger partial charge is 0.00873 e. The first-order valence-electron chi connectivity index (χ1n) is 2.84. The van der Waals surface area contributed by atoms with Crippen molar-refractivity contribution in [2.75, 3.05) is 0 Å². The standard InChI is InChI=1S/C7H10N.Y/c1-7(2)8-5-3-4-6-8;/h3,5-7H,1-2H3;/q-1;. The van der Waals surface area contributed by atoms with Crippen LogP contribution < -0.4 is 0 Å². The average Bonchev–Trinajstić information content (AvgIpc) is 2.12. The Labute approximate surface area is 81.3 Å². The molecular formula is C7H10NY-. The van der Waals surface area contributed by atoms with Gasteiger partial charge in [0, 0.05) is 38.8 Å². The molecule has 9 heavy (non-hydrogen) atoms. The average molecular weight is 197 g/mol. The third kappa shape index (κ3) is 2.64. The third-order valence-corrected chi connectivity index (χ3v) is 1.16. The molecule has 1 radical (unpaired) electrons. The molecule has 47 valence electrons. The van der Waals surface area contributed by atoms with Crippen LogP contribution in [0, 0.1) is 6.07 Å². The molecule has 0 aliphatic rings. The van der Waals surface area contributed by atoms with Crippen LogP contribution in [0.3, 0.4) is 0 Å². The van der Waals surface area contributed by atoms with Gasteiger partial charge in [-0.1, -0.05) is 0 Å². The van der Waals surface area contributed by atoms with E-state index in [1.165, 1.54) is 0 Å². The second-order valence-corrected chi connectivity index (χ2v) is 2.15. The minimum absolute atomic E-state index is 0. The van der Waals surface area contributed by atoms with Crippen molar-refractivity contribution >= 4 is 0 Å². The van der Waals surface area contributed by atoms with Gasteiger partial charge in [0.2, 0.25) is 0 Å². The summed E-state index contributed by atoms with van der Waals surface area (Å²) in [5.41, 5.74) is 0. The van der Waals surface area contributed by atoms with E-state index < -0.39 is 0 Å². The predicted molar refractivity (Wildman–Crippen MR) is 33.7 cm³/mol. The number of hydrogen-bond donors (Lipinski definition) is 0. The van der Waals surface area contributed by atoms with E-state index in [1.807, 2.05) is 18.5 Å². The first kappa shape index (κ1) is 9.38. The number of nitrogens with zero attached hydrogens (tertiary/aromatic N) is 1. The van der Waals surface area contributed by atoms with Crippen molar-refractivity contribution in [3.8, 4) is 0 Å². The molecule has 1 nitrogen and oxygen atoms in total. The molecule has 0 fully saturated rings. The van der Waals surface area contributed by atoms with Crippen molar-refractivity contribution in [2.24, 2.45) is 0 Å². The summed E-state index contributed by atoms with van der Waals surface area (Å²) in [6.45, 7) is 4.29.